The van der Waals surface area contributed by atoms with Gasteiger partial charge >= 0.3 is 0 Å². The molecule has 0 heterocycles. The van der Waals surface area contributed by atoms with E-state index in [4.69, 9.17) is 14.2 Å². The molecule has 5 heteroatoms. The van der Waals surface area contributed by atoms with E-state index in [1.807, 2.05) is 49.4 Å². The van der Waals surface area contributed by atoms with Crippen molar-refractivity contribution < 1.29 is 19.0 Å². The minimum Gasteiger partial charge on any atom is -0.493 e. The van der Waals surface area contributed by atoms with Crippen molar-refractivity contribution in [1.82, 2.24) is 0 Å². The van der Waals surface area contributed by atoms with Crippen molar-refractivity contribution in [3.05, 3.63) is 48.5 Å². The van der Waals surface area contributed by atoms with Crippen molar-refractivity contribution >= 4 is 11.6 Å². The zero-order chi connectivity index (χ0) is 19.1. The van der Waals surface area contributed by atoms with Crippen molar-refractivity contribution in [2.75, 3.05) is 12.4 Å². The van der Waals surface area contributed by atoms with Gasteiger partial charge in [0.15, 0.2) is 17.6 Å². The van der Waals surface area contributed by atoms with Crippen LogP contribution in [0.4, 0.5) is 5.69 Å². The maximum atomic E-state index is 12.6. The number of carbonyl (C=O) groups excluding carboxylic acids is 1. The molecule has 1 atom stereocenters. The Labute approximate surface area is 160 Å². The Bertz CT molecular complexity index is 738. The van der Waals surface area contributed by atoms with Gasteiger partial charge in [-0.25, -0.2) is 0 Å². The number of hydrogen-bond acceptors (Lipinski definition) is 4. The van der Waals surface area contributed by atoms with Crippen molar-refractivity contribution in [3.63, 3.8) is 0 Å². The number of ether oxygens (including phenoxy) is 3. The first-order chi connectivity index (χ1) is 13.2. The van der Waals surface area contributed by atoms with Crippen LogP contribution in [0.3, 0.4) is 0 Å². The Morgan fingerprint density at radius 2 is 1.74 bits per heavy atom. The average Bonchev–Trinajstić information content (AvgIpc) is 3.21. The highest BCUT2D eigenvalue weighted by Crippen LogP contribution is 2.28. The minimum atomic E-state index is -0.601. The molecule has 0 aromatic heterocycles. The Morgan fingerprint density at radius 3 is 2.37 bits per heavy atom. The lowest BCUT2D eigenvalue weighted by molar-refractivity contribution is -0.122. The van der Waals surface area contributed by atoms with Crippen LogP contribution < -0.4 is 19.5 Å². The SMILES string of the molecule is CC[C@@H](Oc1ccccc1OC)C(=O)Nc1ccc(OC2CCCC2)cc1. The van der Waals surface area contributed by atoms with E-state index in [0.717, 1.165) is 24.3 Å². The molecule has 1 fully saturated rings. The third-order valence-corrected chi connectivity index (χ3v) is 4.73. The van der Waals surface area contributed by atoms with E-state index >= 15 is 0 Å². The van der Waals surface area contributed by atoms with E-state index in [-0.39, 0.29) is 5.91 Å². The highest BCUT2D eigenvalue weighted by atomic mass is 16.5. The maximum absolute atomic E-state index is 12.6. The normalized spacial score (nSPS) is 15.2. The van der Waals surface area contributed by atoms with Crippen molar-refractivity contribution in [3.8, 4) is 17.2 Å². The number of rotatable bonds is 8. The van der Waals surface area contributed by atoms with Crippen LogP contribution in [-0.4, -0.2) is 25.2 Å². The van der Waals surface area contributed by atoms with Gasteiger partial charge in [0.05, 0.1) is 13.2 Å². The molecular weight excluding hydrogens is 342 g/mol. The summed E-state index contributed by atoms with van der Waals surface area (Å²) < 4.78 is 17.1. The van der Waals surface area contributed by atoms with Gasteiger partial charge in [-0.1, -0.05) is 19.1 Å². The molecule has 1 N–H and O–H groups in total. The third-order valence-electron chi connectivity index (χ3n) is 4.73. The van der Waals surface area contributed by atoms with Gasteiger partial charge in [0.25, 0.3) is 5.91 Å². The number of para-hydroxylation sites is 2. The van der Waals surface area contributed by atoms with Crippen LogP contribution in [-0.2, 0) is 4.79 Å². The van der Waals surface area contributed by atoms with Crippen molar-refractivity contribution in [1.29, 1.82) is 0 Å². The number of nitrogens with one attached hydrogen (secondary N) is 1. The molecule has 0 radical (unpaired) electrons. The van der Waals surface area contributed by atoms with Crippen LogP contribution in [0.15, 0.2) is 48.5 Å². The van der Waals surface area contributed by atoms with Gasteiger partial charge in [0, 0.05) is 5.69 Å². The van der Waals surface area contributed by atoms with Gasteiger partial charge in [-0.15, -0.1) is 0 Å². The highest BCUT2D eigenvalue weighted by Gasteiger charge is 2.20. The zero-order valence-electron chi connectivity index (χ0n) is 15.9. The lowest BCUT2D eigenvalue weighted by Crippen LogP contribution is -2.32. The standard InChI is InChI=1S/C22H27NO4/c1-3-19(27-21-11-7-6-10-20(21)25-2)22(24)23-16-12-14-18(15-13-16)26-17-8-4-5-9-17/h6-7,10-15,17,19H,3-5,8-9H2,1-2H3,(H,23,24)/t19-/m1/s1. The number of amides is 1. The lowest BCUT2D eigenvalue weighted by atomic mass is 10.2. The molecule has 1 saturated carbocycles. The first kappa shape index (κ1) is 19.1. The predicted molar refractivity (Wildman–Crippen MR) is 106 cm³/mol. The number of anilines is 1. The monoisotopic (exact) mass is 369 g/mol. The van der Waals surface area contributed by atoms with Crippen LogP contribution >= 0.6 is 0 Å². The third kappa shape index (κ3) is 5.16. The highest BCUT2D eigenvalue weighted by molar-refractivity contribution is 5.94. The fraction of sp³-hybridized carbons (Fsp3) is 0.409. The molecule has 144 valence electrons. The predicted octanol–water partition coefficient (Wildman–Crippen LogP) is 4.81. The molecule has 0 spiro atoms. The summed E-state index contributed by atoms with van der Waals surface area (Å²) >= 11 is 0. The van der Waals surface area contributed by atoms with E-state index in [9.17, 15) is 4.79 Å². The van der Waals surface area contributed by atoms with E-state index in [1.165, 1.54) is 12.8 Å². The summed E-state index contributed by atoms with van der Waals surface area (Å²) in [6, 6.07) is 14.8. The summed E-state index contributed by atoms with van der Waals surface area (Å²) in [6.45, 7) is 1.91. The van der Waals surface area contributed by atoms with E-state index in [2.05, 4.69) is 5.32 Å². The summed E-state index contributed by atoms with van der Waals surface area (Å²) in [5, 5.41) is 2.91. The molecule has 27 heavy (non-hydrogen) atoms. The summed E-state index contributed by atoms with van der Waals surface area (Å²) in [6.07, 6.45) is 4.99. The quantitative estimate of drug-likeness (QED) is 0.725. The molecule has 2 aromatic carbocycles. The molecule has 3 rings (SSSR count). The topological polar surface area (TPSA) is 56.8 Å². The first-order valence-electron chi connectivity index (χ1n) is 9.57. The second-order valence-electron chi connectivity index (χ2n) is 6.70. The van der Waals surface area contributed by atoms with Gasteiger partial charge in [-0.05, 0) is 68.5 Å². The van der Waals surface area contributed by atoms with Crippen LogP contribution in [0, 0.1) is 0 Å². The molecule has 1 aliphatic rings. The van der Waals surface area contributed by atoms with E-state index in [1.54, 1.807) is 13.2 Å². The zero-order valence-corrected chi connectivity index (χ0v) is 15.9. The number of benzene rings is 2. The van der Waals surface area contributed by atoms with Gasteiger partial charge in [0.2, 0.25) is 0 Å². The average molecular weight is 369 g/mol. The van der Waals surface area contributed by atoms with Crippen LogP contribution in [0.5, 0.6) is 17.2 Å². The number of methoxy groups -OCH3 is 1. The molecule has 1 aliphatic carbocycles. The fourth-order valence-corrected chi connectivity index (χ4v) is 3.23. The Balaban J connectivity index is 1.59. The van der Waals surface area contributed by atoms with Gasteiger partial charge in [-0.3, -0.25) is 4.79 Å². The molecule has 0 unspecified atom stereocenters. The largest absolute Gasteiger partial charge is 0.493 e. The van der Waals surface area contributed by atoms with Crippen molar-refractivity contribution in [2.24, 2.45) is 0 Å². The smallest absolute Gasteiger partial charge is 0.265 e. The molecule has 1 amide bonds. The maximum Gasteiger partial charge on any atom is 0.265 e. The van der Waals surface area contributed by atoms with E-state index < -0.39 is 6.10 Å². The van der Waals surface area contributed by atoms with Crippen molar-refractivity contribution in [2.45, 2.75) is 51.2 Å². The number of carbonyl (C=O) groups is 1. The summed E-state index contributed by atoms with van der Waals surface area (Å²) in [5.74, 6) is 1.82. The second kappa shape index (κ2) is 9.31. The molecule has 0 bridgehead atoms. The lowest BCUT2D eigenvalue weighted by Gasteiger charge is -2.19. The van der Waals surface area contributed by atoms with Gasteiger partial charge in [-0.2, -0.15) is 0 Å². The van der Waals surface area contributed by atoms with E-state index in [0.29, 0.717) is 24.0 Å². The summed E-state index contributed by atoms with van der Waals surface area (Å²) in [7, 11) is 1.58. The van der Waals surface area contributed by atoms with Gasteiger partial charge < -0.3 is 19.5 Å². The van der Waals surface area contributed by atoms with Crippen LogP contribution in [0.2, 0.25) is 0 Å². The Hall–Kier alpha value is -2.69. The molecule has 0 aliphatic heterocycles. The second-order valence-corrected chi connectivity index (χ2v) is 6.70. The Kier molecular flexibility index (Phi) is 6.58. The van der Waals surface area contributed by atoms with Crippen LogP contribution in [0.1, 0.15) is 39.0 Å². The molecular formula is C22H27NO4. The van der Waals surface area contributed by atoms with Crippen LogP contribution in [0.25, 0.3) is 0 Å². The van der Waals surface area contributed by atoms with Gasteiger partial charge in [0.1, 0.15) is 5.75 Å². The summed E-state index contributed by atoms with van der Waals surface area (Å²) in [4.78, 5) is 12.6. The molecule has 2 aromatic rings. The Morgan fingerprint density at radius 1 is 1.07 bits per heavy atom. The number of hydrogen-bond donors (Lipinski definition) is 1. The fourth-order valence-electron chi connectivity index (χ4n) is 3.23. The molecule has 5 nitrogen and oxygen atoms in total. The molecule has 0 saturated heterocycles. The summed E-state index contributed by atoms with van der Waals surface area (Å²) in [5.41, 5.74) is 0.723. The minimum absolute atomic E-state index is 0.187. The first-order valence-corrected chi connectivity index (χ1v) is 9.57.